The summed E-state index contributed by atoms with van der Waals surface area (Å²) >= 11 is 0. The number of ether oxygens (including phenoxy) is 1. The summed E-state index contributed by atoms with van der Waals surface area (Å²) in [6.45, 7) is 3.08. The number of fused-ring (bicyclic) bond motifs is 1. The second kappa shape index (κ2) is 11.0. The zero-order valence-corrected chi connectivity index (χ0v) is 20.9. The zero-order valence-electron chi connectivity index (χ0n) is 20.9. The van der Waals surface area contributed by atoms with Gasteiger partial charge in [-0.2, -0.15) is 28.6 Å². The van der Waals surface area contributed by atoms with Gasteiger partial charge in [-0.05, 0) is 31.9 Å². The van der Waals surface area contributed by atoms with E-state index in [9.17, 15) is 27.6 Å². The van der Waals surface area contributed by atoms with Crippen LogP contribution in [0.3, 0.4) is 0 Å². The Balaban J connectivity index is 1.70. The normalized spacial score (nSPS) is 15.4. The van der Waals surface area contributed by atoms with E-state index in [0.717, 1.165) is 17.4 Å². The van der Waals surface area contributed by atoms with Gasteiger partial charge in [-0.1, -0.05) is 18.1 Å². The number of aromatic nitrogens is 4. The second-order valence-corrected chi connectivity index (χ2v) is 8.62. The number of nitrogens with two attached hydrogens (primary N) is 1. The molecule has 0 spiro atoms. The summed E-state index contributed by atoms with van der Waals surface area (Å²) in [5, 5.41) is 0. The molecule has 1 aliphatic rings. The summed E-state index contributed by atoms with van der Waals surface area (Å²) in [5.41, 5.74) is 7.05. The monoisotopic (exact) mass is 547 g/mol. The van der Waals surface area contributed by atoms with Gasteiger partial charge in [0.05, 0.1) is 12.1 Å². The summed E-state index contributed by atoms with van der Waals surface area (Å²) < 4.78 is 45.7. The fourth-order valence-electron chi connectivity index (χ4n) is 4.01. The largest absolute Gasteiger partial charge is 0.493 e. The number of hydroxylamine groups is 1. The molecular weight excluding hydrogens is 523 g/mol. The van der Waals surface area contributed by atoms with Gasteiger partial charge >= 0.3 is 18.2 Å². The summed E-state index contributed by atoms with van der Waals surface area (Å²) in [7, 11) is 1.40. The molecule has 4 rings (SSSR count). The lowest BCUT2D eigenvalue weighted by atomic mass is 10.1. The zero-order chi connectivity index (χ0) is 28.3. The quantitative estimate of drug-likeness (QED) is 0.359. The number of imidazole rings is 1. The van der Waals surface area contributed by atoms with Crippen molar-refractivity contribution in [2.45, 2.75) is 38.5 Å². The highest BCUT2D eigenvalue weighted by atomic mass is 19.4. The first-order valence-corrected chi connectivity index (χ1v) is 11.7. The van der Waals surface area contributed by atoms with Crippen LogP contribution in [0.5, 0.6) is 11.8 Å². The van der Waals surface area contributed by atoms with Gasteiger partial charge in [0.15, 0.2) is 11.2 Å². The number of benzene rings is 1. The molecule has 0 saturated carbocycles. The van der Waals surface area contributed by atoms with E-state index in [4.69, 9.17) is 10.5 Å². The number of alkyl halides is 3. The lowest BCUT2D eigenvalue weighted by Crippen LogP contribution is -2.44. The first kappa shape index (κ1) is 27.5. The number of rotatable bonds is 5. The van der Waals surface area contributed by atoms with E-state index in [-0.39, 0.29) is 41.1 Å². The Hall–Kier alpha value is -4.58. The Bertz CT molecular complexity index is 1540. The molecule has 1 unspecified atom stereocenters. The fraction of sp³-hybridized carbons (Fsp3) is 0.375. The average molecular weight is 547 g/mol. The number of nitrogens with one attached hydrogen (secondary N) is 1. The highest BCUT2D eigenvalue weighted by Gasteiger charge is 2.42. The van der Waals surface area contributed by atoms with Crippen molar-refractivity contribution in [1.82, 2.24) is 24.6 Å². The minimum atomic E-state index is -5.30. The number of piperidine rings is 1. The molecular formula is C24H24F3N7O5. The van der Waals surface area contributed by atoms with Crippen LogP contribution in [0.25, 0.3) is 11.2 Å². The van der Waals surface area contributed by atoms with E-state index in [1.165, 1.54) is 36.8 Å². The van der Waals surface area contributed by atoms with Crippen molar-refractivity contribution in [2.24, 2.45) is 12.8 Å². The number of anilines is 1. The maximum Gasteiger partial charge on any atom is 0.493 e. The molecule has 1 aromatic carbocycles. The van der Waals surface area contributed by atoms with E-state index in [1.54, 1.807) is 11.5 Å². The molecule has 3 N–H and O–H groups in total. The van der Waals surface area contributed by atoms with Crippen molar-refractivity contribution in [3.8, 4) is 23.6 Å². The number of halogens is 3. The molecule has 3 heterocycles. The first-order valence-electron chi connectivity index (χ1n) is 11.7. The summed E-state index contributed by atoms with van der Waals surface area (Å²) in [5.74, 6) is 2.26. The first-order chi connectivity index (χ1) is 18.5. The van der Waals surface area contributed by atoms with E-state index >= 15 is 0 Å². The molecule has 1 atom stereocenters. The molecule has 0 aliphatic carbocycles. The molecule has 39 heavy (non-hydrogen) atoms. The third kappa shape index (κ3) is 5.80. The van der Waals surface area contributed by atoms with Crippen molar-refractivity contribution < 1.29 is 32.3 Å². The Kier molecular flexibility index (Phi) is 7.77. The van der Waals surface area contributed by atoms with E-state index in [2.05, 4.69) is 26.6 Å². The van der Waals surface area contributed by atoms with Crippen molar-refractivity contribution in [2.75, 3.05) is 18.0 Å². The SMILES string of the molecule is CC#CCn1c(N2CCCC(N)C2)nc2nc(Oc3ccccc3C(=O)NOC(=O)C(F)(F)F)n(C)c(=O)c21. The maximum absolute atomic E-state index is 13.4. The van der Waals surface area contributed by atoms with Crippen LogP contribution in [0.2, 0.25) is 0 Å². The van der Waals surface area contributed by atoms with Gasteiger partial charge in [0.25, 0.3) is 11.5 Å². The van der Waals surface area contributed by atoms with Crippen LogP contribution >= 0.6 is 0 Å². The summed E-state index contributed by atoms with van der Waals surface area (Å²) in [4.78, 5) is 51.5. The third-order valence-electron chi connectivity index (χ3n) is 5.88. The maximum atomic E-state index is 13.4. The standard InChI is InChI=1S/C24H24F3N7O5/c1-3-4-12-34-17-18(29-22(34)33-11-7-8-14(28)13-33)30-23(32(2)20(17)36)38-16-10-6-5-9-15(16)19(35)31-39-21(37)24(25,26)27/h5-6,9-10,14H,7-8,11-13,28H2,1-2H3,(H,31,35). The number of amides is 1. The average Bonchev–Trinajstić information content (AvgIpc) is 3.26. The smallest absolute Gasteiger partial charge is 0.425 e. The van der Waals surface area contributed by atoms with Crippen LogP contribution in [0, 0.1) is 11.8 Å². The summed E-state index contributed by atoms with van der Waals surface area (Å²) in [6.07, 6.45) is -3.59. The van der Waals surface area contributed by atoms with Crippen LogP contribution in [0.15, 0.2) is 29.1 Å². The van der Waals surface area contributed by atoms with Crippen molar-refractivity contribution in [1.29, 1.82) is 0 Å². The van der Waals surface area contributed by atoms with E-state index in [0.29, 0.717) is 19.0 Å². The Morgan fingerprint density at radius 2 is 2.00 bits per heavy atom. The molecule has 15 heteroatoms. The lowest BCUT2D eigenvalue weighted by Gasteiger charge is -2.31. The Morgan fingerprint density at radius 1 is 1.26 bits per heavy atom. The fourth-order valence-corrected chi connectivity index (χ4v) is 4.01. The molecule has 1 saturated heterocycles. The number of carbonyl (C=O) groups is 2. The number of carbonyl (C=O) groups excluding carboxylic acids is 2. The predicted octanol–water partition coefficient (Wildman–Crippen LogP) is 1.62. The predicted molar refractivity (Wildman–Crippen MR) is 132 cm³/mol. The molecule has 206 valence electrons. The highest BCUT2D eigenvalue weighted by molar-refractivity contribution is 5.97. The molecule has 1 aliphatic heterocycles. The molecule has 0 radical (unpaired) electrons. The molecule has 0 bridgehead atoms. The minimum absolute atomic E-state index is 0.0583. The van der Waals surface area contributed by atoms with Gasteiger partial charge in [-0.3, -0.25) is 18.7 Å². The molecule has 3 aromatic rings. The van der Waals surface area contributed by atoms with Gasteiger partial charge in [0.2, 0.25) is 5.95 Å². The Labute approximate surface area is 219 Å². The summed E-state index contributed by atoms with van der Waals surface area (Å²) in [6, 6.07) is 5.14. The van der Waals surface area contributed by atoms with Crippen LogP contribution in [-0.4, -0.2) is 56.3 Å². The topological polar surface area (TPSA) is 147 Å². The minimum Gasteiger partial charge on any atom is -0.425 e. The van der Waals surface area contributed by atoms with E-state index < -0.39 is 23.6 Å². The third-order valence-corrected chi connectivity index (χ3v) is 5.88. The Morgan fingerprint density at radius 3 is 2.69 bits per heavy atom. The second-order valence-electron chi connectivity index (χ2n) is 8.62. The molecule has 1 fully saturated rings. The number of nitrogens with zero attached hydrogens (tertiary/aromatic N) is 5. The van der Waals surface area contributed by atoms with Crippen LogP contribution < -0.4 is 26.4 Å². The van der Waals surface area contributed by atoms with Crippen LogP contribution in [0.4, 0.5) is 19.1 Å². The van der Waals surface area contributed by atoms with Gasteiger partial charge in [-0.15, -0.1) is 5.92 Å². The number of hydrogen-bond donors (Lipinski definition) is 2. The molecule has 12 nitrogen and oxygen atoms in total. The van der Waals surface area contributed by atoms with Gasteiger partial charge < -0.3 is 20.2 Å². The van der Waals surface area contributed by atoms with Crippen LogP contribution in [-0.2, 0) is 23.2 Å². The lowest BCUT2D eigenvalue weighted by molar-refractivity contribution is -0.204. The van der Waals surface area contributed by atoms with Crippen LogP contribution in [0.1, 0.15) is 30.1 Å². The van der Waals surface area contributed by atoms with Crippen molar-refractivity contribution in [3.63, 3.8) is 0 Å². The molecule has 2 aromatic heterocycles. The molecule has 1 amide bonds. The van der Waals surface area contributed by atoms with Crippen molar-refractivity contribution >= 4 is 29.0 Å². The highest BCUT2D eigenvalue weighted by Crippen LogP contribution is 2.27. The van der Waals surface area contributed by atoms with Gasteiger partial charge in [0, 0.05) is 26.2 Å². The van der Waals surface area contributed by atoms with Gasteiger partial charge in [-0.25, -0.2) is 4.79 Å². The van der Waals surface area contributed by atoms with Gasteiger partial charge in [0.1, 0.15) is 5.75 Å². The van der Waals surface area contributed by atoms with E-state index in [1.807, 2.05) is 4.90 Å². The number of para-hydroxylation sites is 1. The number of hydrogen-bond acceptors (Lipinski definition) is 9. The van der Waals surface area contributed by atoms with Crippen molar-refractivity contribution in [3.05, 3.63) is 40.2 Å².